The highest BCUT2D eigenvalue weighted by atomic mass is 16.4. The van der Waals surface area contributed by atoms with Crippen molar-refractivity contribution in [1.82, 2.24) is 5.32 Å². The molecule has 0 aromatic heterocycles. The minimum atomic E-state index is -0.820. The molecule has 0 aromatic carbocycles. The minimum absolute atomic E-state index is 0.0616. The second-order valence-corrected chi connectivity index (χ2v) is 5.98. The van der Waals surface area contributed by atoms with Gasteiger partial charge in [0.2, 0.25) is 5.91 Å². The number of hydrogen-bond donors (Lipinski definition) is 2. The average Bonchev–Trinajstić information content (AvgIpc) is 2.48. The summed E-state index contributed by atoms with van der Waals surface area (Å²) >= 11 is 0. The van der Waals surface area contributed by atoms with Crippen LogP contribution >= 0.6 is 0 Å². The van der Waals surface area contributed by atoms with Crippen LogP contribution in [0.3, 0.4) is 0 Å². The van der Waals surface area contributed by atoms with Crippen molar-refractivity contribution in [3.63, 3.8) is 0 Å². The zero-order valence-corrected chi connectivity index (χ0v) is 12.1. The average molecular weight is 279 g/mol. The Morgan fingerprint density at radius 3 is 2.55 bits per heavy atom. The first-order valence-corrected chi connectivity index (χ1v) is 7.87. The fourth-order valence-corrected chi connectivity index (χ4v) is 3.35. The number of amides is 1. The van der Waals surface area contributed by atoms with E-state index >= 15 is 0 Å². The lowest BCUT2D eigenvalue weighted by Crippen LogP contribution is -2.40. The fourth-order valence-electron chi connectivity index (χ4n) is 3.35. The van der Waals surface area contributed by atoms with E-state index in [9.17, 15) is 14.7 Å². The Kier molecular flexibility index (Phi) is 5.62. The van der Waals surface area contributed by atoms with Gasteiger partial charge in [0.1, 0.15) is 0 Å². The molecule has 1 saturated carbocycles. The molecule has 1 fully saturated rings. The molecule has 1 amide bonds. The van der Waals surface area contributed by atoms with Crippen LogP contribution in [0.1, 0.15) is 57.8 Å². The predicted octanol–water partition coefficient (Wildman–Crippen LogP) is 2.88. The van der Waals surface area contributed by atoms with E-state index in [-0.39, 0.29) is 11.8 Å². The van der Waals surface area contributed by atoms with E-state index in [0.717, 1.165) is 32.1 Å². The first kappa shape index (κ1) is 15.1. The van der Waals surface area contributed by atoms with E-state index in [0.29, 0.717) is 19.4 Å². The summed E-state index contributed by atoms with van der Waals surface area (Å²) < 4.78 is 0. The van der Waals surface area contributed by atoms with E-state index < -0.39 is 11.9 Å². The summed E-state index contributed by atoms with van der Waals surface area (Å²) in [4.78, 5) is 23.4. The summed E-state index contributed by atoms with van der Waals surface area (Å²) in [6, 6.07) is 0. The predicted molar refractivity (Wildman–Crippen MR) is 77.3 cm³/mol. The smallest absolute Gasteiger partial charge is 0.307 e. The van der Waals surface area contributed by atoms with Gasteiger partial charge in [0.15, 0.2) is 0 Å². The zero-order valence-electron chi connectivity index (χ0n) is 12.1. The Bertz CT molecular complexity index is 389. The molecule has 2 aliphatic carbocycles. The Labute approximate surface area is 120 Å². The van der Waals surface area contributed by atoms with Crippen molar-refractivity contribution < 1.29 is 14.7 Å². The molecule has 2 rings (SSSR count). The quantitative estimate of drug-likeness (QED) is 0.760. The van der Waals surface area contributed by atoms with Gasteiger partial charge in [0, 0.05) is 6.54 Å². The van der Waals surface area contributed by atoms with Crippen LogP contribution < -0.4 is 5.32 Å². The Balaban J connectivity index is 1.78. The maximum Gasteiger partial charge on any atom is 0.307 e. The standard InChI is InChI=1S/C16H25NO3/c18-15(13-8-4-5-9-14(13)16(19)20)17-11-10-12-6-2-1-3-7-12/h6,13-14H,1-5,7-11H2,(H,17,18)(H,19,20)/t13-,14+/m0/s1. The molecule has 0 aliphatic heterocycles. The van der Waals surface area contributed by atoms with Gasteiger partial charge in [-0.25, -0.2) is 0 Å². The topological polar surface area (TPSA) is 66.4 Å². The van der Waals surface area contributed by atoms with Gasteiger partial charge in [-0.1, -0.05) is 24.5 Å². The molecule has 2 aliphatic rings. The number of aliphatic carboxylic acids is 1. The van der Waals surface area contributed by atoms with Crippen LogP contribution in [0.25, 0.3) is 0 Å². The summed E-state index contributed by atoms with van der Waals surface area (Å²) in [5.41, 5.74) is 1.44. The van der Waals surface area contributed by atoms with Gasteiger partial charge >= 0.3 is 5.97 Å². The van der Waals surface area contributed by atoms with Crippen LogP contribution in [-0.2, 0) is 9.59 Å². The Hall–Kier alpha value is -1.32. The van der Waals surface area contributed by atoms with Crippen LogP contribution in [0.5, 0.6) is 0 Å². The van der Waals surface area contributed by atoms with Crippen molar-refractivity contribution in [2.24, 2.45) is 11.8 Å². The molecule has 4 heteroatoms. The molecular weight excluding hydrogens is 254 g/mol. The van der Waals surface area contributed by atoms with Crippen LogP contribution in [0.15, 0.2) is 11.6 Å². The van der Waals surface area contributed by atoms with Crippen LogP contribution in [0.2, 0.25) is 0 Å². The van der Waals surface area contributed by atoms with Gasteiger partial charge in [-0.15, -0.1) is 0 Å². The number of carboxylic acids is 1. The number of hydrogen-bond acceptors (Lipinski definition) is 2. The molecule has 2 atom stereocenters. The van der Waals surface area contributed by atoms with Crippen molar-refractivity contribution in [2.75, 3.05) is 6.54 Å². The van der Waals surface area contributed by atoms with E-state index in [4.69, 9.17) is 0 Å². The second-order valence-electron chi connectivity index (χ2n) is 5.98. The number of carbonyl (C=O) groups is 2. The fraction of sp³-hybridized carbons (Fsp3) is 0.750. The van der Waals surface area contributed by atoms with Crippen LogP contribution in [0.4, 0.5) is 0 Å². The molecule has 0 heterocycles. The van der Waals surface area contributed by atoms with E-state index in [1.807, 2.05) is 0 Å². The van der Waals surface area contributed by atoms with E-state index in [1.54, 1.807) is 0 Å². The number of carbonyl (C=O) groups excluding carboxylic acids is 1. The lowest BCUT2D eigenvalue weighted by Gasteiger charge is -2.27. The lowest BCUT2D eigenvalue weighted by atomic mass is 9.78. The summed E-state index contributed by atoms with van der Waals surface area (Å²) in [7, 11) is 0. The number of allylic oxidation sites excluding steroid dienone is 1. The van der Waals surface area contributed by atoms with Crippen molar-refractivity contribution >= 4 is 11.9 Å². The maximum atomic E-state index is 12.2. The van der Waals surface area contributed by atoms with Crippen molar-refractivity contribution in [2.45, 2.75) is 57.8 Å². The molecule has 0 saturated heterocycles. The Morgan fingerprint density at radius 2 is 1.90 bits per heavy atom. The van der Waals surface area contributed by atoms with Gasteiger partial charge in [-0.2, -0.15) is 0 Å². The third-order valence-electron chi connectivity index (χ3n) is 4.55. The monoisotopic (exact) mass is 279 g/mol. The van der Waals surface area contributed by atoms with E-state index in [2.05, 4.69) is 11.4 Å². The largest absolute Gasteiger partial charge is 0.481 e. The van der Waals surface area contributed by atoms with Gasteiger partial charge in [-0.3, -0.25) is 9.59 Å². The summed E-state index contributed by atoms with van der Waals surface area (Å²) in [6.45, 7) is 0.646. The van der Waals surface area contributed by atoms with Crippen molar-refractivity contribution in [1.29, 1.82) is 0 Å². The molecule has 0 radical (unpaired) electrons. The first-order chi connectivity index (χ1) is 9.68. The SMILES string of the molecule is O=C(NCCC1=CCCCC1)[C@H]1CCCC[C@H]1C(=O)O. The molecule has 20 heavy (non-hydrogen) atoms. The highest BCUT2D eigenvalue weighted by Crippen LogP contribution is 2.30. The normalized spacial score (nSPS) is 26.7. The lowest BCUT2D eigenvalue weighted by molar-refractivity contribution is -0.148. The minimum Gasteiger partial charge on any atom is -0.481 e. The molecule has 4 nitrogen and oxygen atoms in total. The zero-order chi connectivity index (χ0) is 14.4. The van der Waals surface area contributed by atoms with Gasteiger partial charge in [0.05, 0.1) is 11.8 Å². The summed E-state index contributed by atoms with van der Waals surface area (Å²) in [5.74, 6) is -1.70. The van der Waals surface area contributed by atoms with Gasteiger partial charge in [-0.05, 0) is 44.9 Å². The van der Waals surface area contributed by atoms with Crippen LogP contribution in [0, 0.1) is 11.8 Å². The highest BCUT2D eigenvalue weighted by Gasteiger charge is 2.35. The molecule has 0 aromatic rings. The third-order valence-corrected chi connectivity index (χ3v) is 4.55. The van der Waals surface area contributed by atoms with Gasteiger partial charge in [0.25, 0.3) is 0 Å². The maximum absolute atomic E-state index is 12.2. The first-order valence-electron chi connectivity index (χ1n) is 7.87. The number of nitrogens with one attached hydrogen (secondary N) is 1. The molecule has 2 N–H and O–H groups in total. The Morgan fingerprint density at radius 1 is 1.15 bits per heavy atom. The number of carboxylic acid groups (broad SMARTS) is 1. The molecular formula is C16H25NO3. The second kappa shape index (κ2) is 7.46. The van der Waals surface area contributed by atoms with E-state index in [1.165, 1.54) is 18.4 Å². The summed E-state index contributed by atoms with van der Waals surface area (Å²) in [5, 5.41) is 12.1. The van der Waals surface area contributed by atoms with Crippen LogP contribution in [-0.4, -0.2) is 23.5 Å². The summed E-state index contributed by atoms with van der Waals surface area (Å²) in [6.07, 6.45) is 11.3. The molecule has 0 bridgehead atoms. The third kappa shape index (κ3) is 4.09. The highest BCUT2D eigenvalue weighted by molar-refractivity contribution is 5.84. The van der Waals surface area contributed by atoms with Gasteiger partial charge < -0.3 is 10.4 Å². The van der Waals surface area contributed by atoms with Crippen molar-refractivity contribution in [3.8, 4) is 0 Å². The van der Waals surface area contributed by atoms with Crippen molar-refractivity contribution in [3.05, 3.63) is 11.6 Å². The molecule has 112 valence electrons. The number of rotatable bonds is 5. The molecule has 0 unspecified atom stereocenters. The molecule has 0 spiro atoms.